The Morgan fingerprint density at radius 2 is 2.23 bits per heavy atom. The minimum atomic E-state index is -2.91. The Bertz CT molecular complexity index is 863. The molecule has 1 unspecified atom stereocenters. The van der Waals surface area contributed by atoms with Crippen LogP contribution in [0.1, 0.15) is 12.0 Å². The predicted molar refractivity (Wildman–Crippen MR) is 89.4 cm³/mol. The SMILES string of the molecule is N#Cc1cnc2ccc(OC(F)F)cc2c1N1CCOC2(CCOC2)C1. The van der Waals surface area contributed by atoms with E-state index in [0.717, 1.165) is 6.42 Å². The third-order valence-corrected chi connectivity index (χ3v) is 4.79. The molecule has 2 fully saturated rings. The van der Waals surface area contributed by atoms with E-state index >= 15 is 0 Å². The molecule has 1 aromatic carbocycles. The molecule has 0 radical (unpaired) electrons. The molecular weight excluding hydrogens is 344 g/mol. The number of nitrogens with zero attached hydrogens (tertiary/aromatic N) is 3. The summed E-state index contributed by atoms with van der Waals surface area (Å²) in [6, 6.07) is 6.74. The van der Waals surface area contributed by atoms with E-state index in [1.165, 1.54) is 18.3 Å². The molecule has 3 heterocycles. The van der Waals surface area contributed by atoms with Gasteiger partial charge in [0.15, 0.2) is 0 Å². The van der Waals surface area contributed by atoms with E-state index in [1.807, 2.05) is 0 Å². The molecule has 2 aliphatic rings. The summed E-state index contributed by atoms with van der Waals surface area (Å²) in [4.78, 5) is 6.33. The molecule has 0 bridgehead atoms. The van der Waals surface area contributed by atoms with E-state index in [2.05, 4.69) is 20.7 Å². The Kier molecular flexibility index (Phi) is 4.34. The average Bonchev–Trinajstić information content (AvgIpc) is 3.07. The maximum atomic E-state index is 12.6. The lowest BCUT2D eigenvalue weighted by molar-refractivity contribution is -0.0578. The second-order valence-corrected chi connectivity index (χ2v) is 6.45. The fraction of sp³-hybridized carbons (Fsp3) is 0.444. The molecule has 1 spiro atoms. The number of alkyl halides is 2. The smallest absolute Gasteiger partial charge is 0.387 e. The summed E-state index contributed by atoms with van der Waals surface area (Å²) in [6.07, 6.45) is 2.30. The zero-order valence-corrected chi connectivity index (χ0v) is 14.0. The number of ether oxygens (including phenoxy) is 3. The zero-order chi connectivity index (χ0) is 18.1. The molecule has 2 aliphatic heterocycles. The van der Waals surface area contributed by atoms with Gasteiger partial charge in [0.1, 0.15) is 17.4 Å². The third-order valence-electron chi connectivity index (χ3n) is 4.79. The Morgan fingerprint density at radius 1 is 1.35 bits per heavy atom. The van der Waals surface area contributed by atoms with Crippen molar-refractivity contribution in [2.45, 2.75) is 18.6 Å². The molecule has 2 saturated heterocycles. The highest BCUT2D eigenvalue weighted by molar-refractivity contribution is 5.95. The van der Waals surface area contributed by atoms with E-state index in [1.54, 1.807) is 6.07 Å². The van der Waals surface area contributed by atoms with Crippen molar-refractivity contribution < 1.29 is 23.0 Å². The molecule has 0 saturated carbocycles. The first-order chi connectivity index (χ1) is 12.6. The number of hydrogen-bond acceptors (Lipinski definition) is 6. The summed E-state index contributed by atoms with van der Waals surface area (Å²) < 4.78 is 41.2. The van der Waals surface area contributed by atoms with Crippen LogP contribution >= 0.6 is 0 Å². The van der Waals surface area contributed by atoms with Crippen LogP contribution in [-0.2, 0) is 9.47 Å². The molecular formula is C18H17F2N3O3. The van der Waals surface area contributed by atoms with Gasteiger partial charge in [-0.1, -0.05) is 0 Å². The fourth-order valence-corrected chi connectivity index (χ4v) is 3.62. The summed E-state index contributed by atoms with van der Waals surface area (Å²) in [6.45, 7) is -0.0943. The average molecular weight is 361 g/mol. The summed E-state index contributed by atoms with van der Waals surface area (Å²) in [5.74, 6) is 0.0396. The topological polar surface area (TPSA) is 67.6 Å². The van der Waals surface area contributed by atoms with Crippen molar-refractivity contribution in [2.75, 3.05) is 37.8 Å². The minimum absolute atomic E-state index is 0.0396. The number of aromatic nitrogens is 1. The normalized spacial score (nSPS) is 22.9. The predicted octanol–water partition coefficient (Wildman–Crippen LogP) is 2.70. The van der Waals surface area contributed by atoms with Crippen LogP contribution in [0.2, 0.25) is 0 Å². The van der Waals surface area contributed by atoms with Gasteiger partial charge in [0, 0.05) is 37.7 Å². The number of anilines is 1. The van der Waals surface area contributed by atoms with Gasteiger partial charge in [-0.15, -0.1) is 0 Å². The van der Waals surface area contributed by atoms with Crippen molar-refractivity contribution in [3.8, 4) is 11.8 Å². The van der Waals surface area contributed by atoms with Crippen molar-refractivity contribution in [1.82, 2.24) is 4.98 Å². The molecule has 2 aromatic rings. The Hall–Kier alpha value is -2.50. The van der Waals surface area contributed by atoms with Gasteiger partial charge >= 0.3 is 6.61 Å². The molecule has 136 valence electrons. The summed E-state index contributed by atoms with van der Waals surface area (Å²) in [5, 5.41) is 10.2. The van der Waals surface area contributed by atoms with Gasteiger partial charge in [0.2, 0.25) is 0 Å². The fourth-order valence-electron chi connectivity index (χ4n) is 3.62. The number of fused-ring (bicyclic) bond motifs is 1. The lowest BCUT2D eigenvalue weighted by Crippen LogP contribution is -2.52. The van der Waals surface area contributed by atoms with Gasteiger partial charge < -0.3 is 19.1 Å². The van der Waals surface area contributed by atoms with Crippen LogP contribution in [0.15, 0.2) is 24.4 Å². The molecule has 0 N–H and O–H groups in total. The van der Waals surface area contributed by atoms with Gasteiger partial charge in [-0.05, 0) is 18.2 Å². The van der Waals surface area contributed by atoms with Crippen molar-refractivity contribution in [1.29, 1.82) is 5.26 Å². The Labute approximate surface area is 148 Å². The number of hydrogen-bond donors (Lipinski definition) is 0. The Balaban J connectivity index is 1.80. The number of rotatable bonds is 3. The van der Waals surface area contributed by atoms with Gasteiger partial charge in [0.05, 0.1) is 30.0 Å². The number of halogens is 2. The number of benzene rings is 1. The second kappa shape index (κ2) is 6.67. The maximum absolute atomic E-state index is 12.6. The van der Waals surface area contributed by atoms with Crippen LogP contribution in [0.3, 0.4) is 0 Å². The quantitative estimate of drug-likeness (QED) is 0.837. The minimum Gasteiger partial charge on any atom is -0.435 e. The molecule has 1 atom stereocenters. The monoisotopic (exact) mass is 361 g/mol. The zero-order valence-electron chi connectivity index (χ0n) is 14.0. The van der Waals surface area contributed by atoms with Gasteiger partial charge in [-0.25, -0.2) is 0 Å². The molecule has 8 heteroatoms. The van der Waals surface area contributed by atoms with E-state index in [4.69, 9.17) is 9.47 Å². The van der Waals surface area contributed by atoms with Gasteiger partial charge in [-0.2, -0.15) is 14.0 Å². The van der Waals surface area contributed by atoms with Crippen LogP contribution in [0.4, 0.5) is 14.5 Å². The van der Waals surface area contributed by atoms with Crippen molar-refractivity contribution in [3.05, 3.63) is 30.0 Å². The van der Waals surface area contributed by atoms with Crippen LogP contribution in [0.5, 0.6) is 5.75 Å². The first-order valence-electron chi connectivity index (χ1n) is 8.35. The summed E-state index contributed by atoms with van der Waals surface area (Å²) in [5.41, 5.74) is 1.29. The van der Waals surface area contributed by atoms with Gasteiger partial charge in [0.25, 0.3) is 0 Å². The van der Waals surface area contributed by atoms with E-state index in [9.17, 15) is 14.0 Å². The van der Waals surface area contributed by atoms with Gasteiger partial charge in [-0.3, -0.25) is 4.98 Å². The number of morpholine rings is 1. The third kappa shape index (κ3) is 3.04. The van der Waals surface area contributed by atoms with Crippen molar-refractivity contribution in [2.24, 2.45) is 0 Å². The summed E-state index contributed by atoms with van der Waals surface area (Å²) >= 11 is 0. The van der Waals surface area contributed by atoms with Crippen LogP contribution in [-0.4, -0.2) is 50.1 Å². The lowest BCUT2D eigenvalue weighted by atomic mass is 9.99. The largest absolute Gasteiger partial charge is 0.435 e. The molecule has 0 amide bonds. The highest BCUT2D eigenvalue weighted by Crippen LogP contribution is 2.36. The van der Waals surface area contributed by atoms with Crippen LogP contribution in [0.25, 0.3) is 10.9 Å². The highest BCUT2D eigenvalue weighted by atomic mass is 19.3. The molecule has 0 aliphatic carbocycles. The molecule has 4 rings (SSSR count). The maximum Gasteiger partial charge on any atom is 0.387 e. The van der Waals surface area contributed by atoms with Crippen molar-refractivity contribution in [3.63, 3.8) is 0 Å². The van der Waals surface area contributed by atoms with E-state index in [-0.39, 0.29) is 5.75 Å². The van der Waals surface area contributed by atoms with Crippen molar-refractivity contribution >= 4 is 16.6 Å². The van der Waals surface area contributed by atoms with E-state index < -0.39 is 12.2 Å². The number of pyridine rings is 1. The Morgan fingerprint density at radius 3 is 2.96 bits per heavy atom. The standard InChI is InChI=1S/C18H17F2N3O3/c19-17(20)26-13-1-2-15-14(7-13)16(12(8-21)9-22-15)23-4-6-25-18(10-23)3-5-24-11-18/h1-2,7,9,17H,3-6,10-11H2. The molecule has 6 nitrogen and oxygen atoms in total. The van der Waals surface area contributed by atoms with Crippen LogP contribution in [0, 0.1) is 11.3 Å². The lowest BCUT2D eigenvalue weighted by Gasteiger charge is -2.41. The first kappa shape index (κ1) is 16.9. The second-order valence-electron chi connectivity index (χ2n) is 6.45. The summed E-state index contributed by atoms with van der Waals surface area (Å²) in [7, 11) is 0. The molecule has 1 aromatic heterocycles. The first-order valence-corrected chi connectivity index (χ1v) is 8.35. The highest BCUT2D eigenvalue weighted by Gasteiger charge is 2.41. The molecule has 26 heavy (non-hydrogen) atoms. The van der Waals surface area contributed by atoms with Crippen LogP contribution < -0.4 is 9.64 Å². The number of nitriles is 1. The van der Waals surface area contributed by atoms with E-state index in [0.29, 0.717) is 55.1 Å².